The van der Waals surface area contributed by atoms with E-state index in [-0.39, 0.29) is 0 Å². The molecule has 0 atom stereocenters. The Morgan fingerprint density at radius 3 is 2.95 bits per heavy atom. The summed E-state index contributed by atoms with van der Waals surface area (Å²) in [5, 5.41) is 11.3. The first-order valence-electron chi connectivity index (χ1n) is 6.08. The lowest BCUT2D eigenvalue weighted by molar-refractivity contribution is 0.637. The summed E-state index contributed by atoms with van der Waals surface area (Å²) in [4.78, 5) is 2.65. The number of halogens is 1. The topological polar surface area (TPSA) is 30.7 Å². The van der Waals surface area contributed by atoms with Crippen LogP contribution in [0.2, 0.25) is 4.34 Å². The number of thiophene rings is 2. The van der Waals surface area contributed by atoms with Crippen LogP contribution in [0.1, 0.15) is 9.75 Å². The molecule has 0 radical (unpaired) electrons. The molecular formula is C13H12ClN3S3. The molecule has 0 amide bonds. The normalized spacial score (nSPS) is 11.1. The highest BCUT2D eigenvalue weighted by Gasteiger charge is 2.07. The quantitative estimate of drug-likeness (QED) is 0.614. The largest absolute Gasteiger partial charge is 0.308 e. The standard InChI is InChI=1S/C13H12ClN3S3/c14-12-4-3-11(20-12)8-19-13-16-15-9-17(13)6-5-10-2-1-7-18-10/h1-4,7,9H,5-6,8H2. The van der Waals surface area contributed by atoms with E-state index in [0.29, 0.717) is 0 Å². The van der Waals surface area contributed by atoms with E-state index in [9.17, 15) is 0 Å². The highest BCUT2D eigenvalue weighted by Crippen LogP contribution is 2.28. The van der Waals surface area contributed by atoms with Gasteiger partial charge in [-0.15, -0.1) is 32.9 Å². The number of aromatic nitrogens is 3. The summed E-state index contributed by atoms with van der Waals surface area (Å²) in [6.45, 7) is 0.918. The van der Waals surface area contributed by atoms with Crippen LogP contribution in [-0.2, 0) is 18.7 Å². The summed E-state index contributed by atoms with van der Waals surface area (Å²) in [7, 11) is 0. The summed E-state index contributed by atoms with van der Waals surface area (Å²) in [6.07, 6.45) is 2.82. The monoisotopic (exact) mass is 341 g/mol. The van der Waals surface area contributed by atoms with Crippen LogP contribution in [0.15, 0.2) is 41.1 Å². The van der Waals surface area contributed by atoms with Gasteiger partial charge < -0.3 is 4.57 Å². The molecule has 0 aromatic carbocycles. The molecule has 0 bridgehead atoms. The molecule has 3 heterocycles. The van der Waals surface area contributed by atoms with Crippen LogP contribution in [0.4, 0.5) is 0 Å². The molecule has 0 aliphatic rings. The predicted molar refractivity (Wildman–Crippen MR) is 86.9 cm³/mol. The van der Waals surface area contributed by atoms with E-state index in [0.717, 1.165) is 28.2 Å². The number of thioether (sulfide) groups is 1. The van der Waals surface area contributed by atoms with Crippen LogP contribution >= 0.6 is 46.0 Å². The van der Waals surface area contributed by atoms with Crippen molar-refractivity contribution >= 4 is 46.0 Å². The van der Waals surface area contributed by atoms with Gasteiger partial charge >= 0.3 is 0 Å². The molecule has 3 rings (SSSR count). The molecule has 0 spiro atoms. The van der Waals surface area contributed by atoms with Crippen molar-refractivity contribution in [1.82, 2.24) is 14.8 Å². The van der Waals surface area contributed by atoms with Crippen molar-refractivity contribution in [2.24, 2.45) is 0 Å². The summed E-state index contributed by atoms with van der Waals surface area (Å²) in [5.41, 5.74) is 0. The average Bonchev–Trinajstić information content (AvgIpc) is 3.16. The molecule has 3 nitrogen and oxygen atoms in total. The number of hydrogen-bond donors (Lipinski definition) is 0. The first-order chi connectivity index (χ1) is 9.81. The van der Waals surface area contributed by atoms with E-state index in [2.05, 4.69) is 38.3 Å². The van der Waals surface area contributed by atoms with Crippen molar-refractivity contribution in [2.75, 3.05) is 0 Å². The van der Waals surface area contributed by atoms with Crippen LogP contribution < -0.4 is 0 Å². The summed E-state index contributed by atoms with van der Waals surface area (Å²) in [6, 6.07) is 8.24. The number of aryl methyl sites for hydroxylation is 2. The van der Waals surface area contributed by atoms with Gasteiger partial charge in [0.2, 0.25) is 0 Å². The van der Waals surface area contributed by atoms with Crippen molar-refractivity contribution in [3.63, 3.8) is 0 Å². The lowest BCUT2D eigenvalue weighted by Gasteiger charge is -2.04. The van der Waals surface area contributed by atoms with Gasteiger partial charge in [0.1, 0.15) is 6.33 Å². The minimum atomic E-state index is 0.833. The fourth-order valence-electron chi connectivity index (χ4n) is 1.76. The number of nitrogens with zero attached hydrogens (tertiary/aromatic N) is 3. The maximum absolute atomic E-state index is 5.94. The third kappa shape index (κ3) is 3.63. The zero-order valence-electron chi connectivity index (χ0n) is 10.5. The third-order valence-electron chi connectivity index (χ3n) is 2.73. The summed E-state index contributed by atoms with van der Waals surface area (Å²) in [5.74, 6) is 0.884. The zero-order chi connectivity index (χ0) is 13.8. The molecule has 0 unspecified atom stereocenters. The van der Waals surface area contributed by atoms with Crippen LogP contribution in [0, 0.1) is 0 Å². The van der Waals surface area contributed by atoms with Gasteiger partial charge in [-0.1, -0.05) is 29.4 Å². The van der Waals surface area contributed by atoms with E-state index in [1.165, 1.54) is 9.75 Å². The maximum Gasteiger partial charge on any atom is 0.191 e. The molecule has 0 saturated carbocycles. The molecule has 3 aromatic heterocycles. The number of rotatable bonds is 6. The fraction of sp³-hybridized carbons (Fsp3) is 0.231. The van der Waals surface area contributed by atoms with E-state index >= 15 is 0 Å². The average molecular weight is 342 g/mol. The van der Waals surface area contributed by atoms with Crippen molar-refractivity contribution in [2.45, 2.75) is 23.9 Å². The van der Waals surface area contributed by atoms with Crippen molar-refractivity contribution < 1.29 is 0 Å². The minimum absolute atomic E-state index is 0.833. The lowest BCUT2D eigenvalue weighted by Crippen LogP contribution is -2.00. The summed E-state index contributed by atoms with van der Waals surface area (Å²) >= 11 is 11.0. The molecule has 7 heteroatoms. The Balaban J connectivity index is 1.58. The van der Waals surface area contributed by atoms with Gasteiger partial charge in [0.05, 0.1) is 4.34 Å². The number of hydrogen-bond acceptors (Lipinski definition) is 5. The first-order valence-corrected chi connectivity index (χ1v) is 9.14. The Kier molecular flexibility index (Phi) is 4.77. The smallest absolute Gasteiger partial charge is 0.191 e. The molecule has 3 aromatic rings. The second-order valence-corrected chi connectivity index (χ2v) is 7.91. The van der Waals surface area contributed by atoms with E-state index in [4.69, 9.17) is 11.6 Å². The Bertz CT molecular complexity index is 660. The fourth-order valence-corrected chi connectivity index (χ4v) is 4.53. The predicted octanol–water partition coefficient (Wildman–Crippen LogP) is 4.59. The van der Waals surface area contributed by atoms with Gasteiger partial charge in [-0.2, -0.15) is 0 Å². The highest BCUT2D eigenvalue weighted by atomic mass is 35.5. The van der Waals surface area contributed by atoms with Crippen molar-refractivity contribution in [1.29, 1.82) is 0 Å². The second-order valence-electron chi connectivity index (χ2n) is 4.13. The molecule has 20 heavy (non-hydrogen) atoms. The first kappa shape index (κ1) is 14.1. The third-order valence-corrected chi connectivity index (χ3v) is 6.11. The molecule has 104 valence electrons. The van der Waals surface area contributed by atoms with E-state index in [1.807, 2.05) is 6.07 Å². The Morgan fingerprint density at radius 2 is 2.20 bits per heavy atom. The molecular weight excluding hydrogens is 330 g/mol. The maximum atomic E-state index is 5.94. The Labute approximate surface area is 134 Å². The molecule has 0 N–H and O–H groups in total. The molecule has 0 fully saturated rings. The van der Waals surface area contributed by atoms with E-state index in [1.54, 1.807) is 40.8 Å². The van der Waals surface area contributed by atoms with Gasteiger partial charge in [-0.05, 0) is 30.0 Å². The lowest BCUT2D eigenvalue weighted by atomic mass is 10.3. The SMILES string of the molecule is Clc1ccc(CSc2nncn2CCc2cccs2)s1. The summed E-state index contributed by atoms with van der Waals surface area (Å²) < 4.78 is 2.94. The molecule has 0 saturated heterocycles. The second kappa shape index (κ2) is 6.76. The van der Waals surface area contributed by atoms with Crippen LogP contribution in [-0.4, -0.2) is 14.8 Å². The van der Waals surface area contributed by atoms with Crippen molar-refractivity contribution in [3.05, 3.63) is 50.1 Å². The minimum Gasteiger partial charge on any atom is -0.308 e. The van der Waals surface area contributed by atoms with Gasteiger partial charge in [-0.3, -0.25) is 0 Å². The van der Waals surface area contributed by atoms with Gasteiger partial charge in [0.15, 0.2) is 5.16 Å². The van der Waals surface area contributed by atoms with Gasteiger partial charge in [0, 0.05) is 22.1 Å². The van der Waals surface area contributed by atoms with Gasteiger partial charge in [0.25, 0.3) is 0 Å². The van der Waals surface area contributed by atoms with Crippen LogP contribution in [0.25, 0.3) is 0 Å². The van der Waals surface area contributed by atoms with Gasteiger partial charge in [-0.25, -0.2) is 0 Å². The Morgan fingerprint density at radius 1 is 1.25 bits per heavy atom. The molecule has 0 aliphatic heterocycles. The highest BCUT2D eigenvalue weighted by molar-refractivity contribution is 7.98. The zero-order valence-corrected chi connectivity index (χ0v) is 13.7. The molecule has 0 aliphatic carbocycles. The van der Waals surface area contributed by atoms with Crippen LogP contribution in [0.3, 0.4) is 0 Å². The van der Waals surface area contributed by atoms with Crippen LogP contribution in [0.5, 0.6) is 0 Å². The van der Waals surface area contributed by atoms with Crippen molar-refractivity contribution in [3.8, 4) is 0 Å². The Hall–Kier alpha value is -0.820. The van der Waals surface area contributed by atoms with E-state index < -0.39 is 0 Å².